The number of ether oxygens (including phenoxy) is 4. The molecule has 1 aliphatic heterocycles. The number of Topliss-reactive ketones (excluding diaryl/α,β-unsaturated/α-hetero) is 1. The number of benzene rings is 2. The molecule has 2 aromatic rings. The van der Waals surface area contributed by atoms with Gasteiger partial charge in [-0.2, -0.15) is 0 Å². The molecule has 6 heteroatoms. The monoisotopic (exact) mass is 342 g/mol. The van der Waals surface area contributed by atoms with Gasteiger partial charge in [0.05, 0.1) is 7.11 Å². The quantitative estimate of drug-likeness (QED) is 0.569. The fourth-order valence-electron chi connectivity index (χ4n) is 2.52. The van der Waals surface area contributed by atoms with Crippen molar-refractivity contribution in [3.05, 3.63) is 53.6 Å². The summed E-state index contributed by atoms with van der Waals surface area (Å²) >= 11 is 0. The SMILES string of the molecule is COc1ccccc1CCC(=O)OCC(=O)c1ccc2c(c1)OCO2. The fourth-order valence-corrected chi connectivity index (χ4v) is 2.52. The Morgan fingerprint density at radius 2 is 1.88 bits per heavy atom. The van der Waals surface area contributed by atoms with E-state index in [0.717, 1.165) is 11.3 Å². The van der Waals surface area contributed by atoms with Crippen molar-refractivity contribution in [3.63, 3.8) is 0 Å². The van der Waals surface area contributed by atoms with Gasteiger partial charge in [-0.25, -0.2) is 0 Å². The molecule has 0 N–H and O–H groups in total. The van der Waals surface area contributed by atoms with Gasteiger partial charge in [0.1, 0.15) is 5.75 Å². The first-order valence-corrected chi connectivity index (χ1v) is 7.88. The molecule has 0 aliphatic carbocycles. The average molecular weight is 342 g/mol. The van der Waals surface area contributed by atoms with Crippen molar-refractivity contribution < 1.29 is 28.5 Å². The maximum atomic E-state index is 12.1. The number of rotatable bonds is 7. The number of carbonyl (C=O) groups excluding carboxylic acids is 2. The van der Waals surface area contributed by atoms with Crippen LogP contribution in [0.25, 0.3) is 0 Å². The minimum Gasteiger partial charge on any atom is -0.496 e. The number of esters is 1. The molecule has 2 aromatic carbocycles. The number of aryl methyl sites for hydroxylation is 1. The highest BCUT2D eigenvalue weighted by Crippen LogP contribution is 2.32. The van der Waals surface area contributed by atoms with Crippen LogP contribution in [0.15, 0.2) is 42.5 Å². The van der Waals surface area contributed by atoms with Crippen LogP contribution in [0.1, 0.15) is 22.3 Å². The van der Waals surface area contributed by atoms with E-state index in [1.807, 2.05) is 24.3 Å². The van der Waals surface area contributed by atoms with Gasteiger partial charge in [0.25, 0.3) is 0 Å². The van der Waals surface area contributed by atoms with Crippen LogP contribution in [-0.2, 0) is 16.0 Å². The zero-order valence-electron chi connectivity index (χ0n) is 13.8. The van der Waals surface area contributed by atoms with E-state index in [1.165, 1.54) is 0 Å². The Morgan fingerprint density at radius 1 is 1.08 bits per heavy atom. The summed E-state index contributed by atoms with van der Waals surface area (Å²) in [6.45, 7) is -0.157. The topological polar surface area (TPSA) is 71.1 Å². The zero-order chi connectivity index (χ0) is 17.6. The van der Waals surface area contributed by atoms with E-state index >= 15 is 0 Å². The van der Waals surface area contributed by atoms with E-state index in [-0.39, 0.29) is 25.6 Å². The van der Waals surface area contributed by atoms with Gasteiger partial charge in [-0.15, -0.1) is 0 Å². The lowest BCUT2D eigenvalue weighted by atomic mass is 10.1. The van der Waals surface area contributed by atoms with Gasteiger partial charge in [-0.1, -0.05) is 18.2 Å². The number of carbonyl (C=O) groups is 2. The summed E-state index contributed by atoms with van der Waals surface area (Å²) in [4.78, 5) is 24.0. The first-order valence-electron chi connectivity index (χ1n) is 7.88. The Bertz CT molecular complexity index is 783. The van der Waals surface area contributed by atoms with E-state index in [0.29, 0.717) is 23.5 Å². The number of hydrogen-bond acceptors (Lipinski definition) is 6. The molecule has 0 spiro atoms. The highest BCUT2D eigenvalue weighted by atomic mass is 16.7. The molecule has 1 heterocycles. The molecule has 3 rings (SSSR count). The molecule has 0 unspecified atom stereocenters. The normalized spacial score (nSPS) is 11.9. The van der Waals surface area contributed by atoms with E-state index in [4.69, 9.17) is 18.9 Å². The van der Waals surface area contributed by atoms with Crippen molar-refractivity contribution in [1.82, 2.24) is 0 Å². The second kappa shape index (κ2) is 7.70. The Balaban J connectivity index is 1.49. The van der Waals surface area contributed by atoms with Crippen LogP contribution in [0.5, 0.6) is 17.2 Å². The molecule has 0 bridgehead atoms. The van der Waals surface area contributed by atoms with Gasteiger partial charge in [-0.05, 0) is 36.2 Å². The maximum absolute atomic E-state index is 12.1. The molecule has 130 valence electrons. The van der Waals surface area contributed by atoms with E-state index in [1.54, 1.807) is 25.3 Å². The molecule has 1 aliphatic rings. The molecule has 0 radical (unpaired) electrons. The van der Waals surface area contributed by atoms with Crippen LogP contribution < -0.4 is 14.2 Å². The Morgan fingerprint density at radius 3 is 2.72 bits per heavy atom. The number of para-hydroxylation sites is 1. The summed E-state index contributed by atoms with van der Waals surface area (Å²) in [6, 6.07) is 12.4. The van der Waals surface area contributed by atoms with Crippen molar-refractivity contribution in [1.29, 1.82) is 0 Å². The van der Waals surface area contributed by atoms with Crippen molar-refractivity contribution in [2.24, 2.45) is 0 Å². The summed E-state index contributed by atoms with van der Waals surface area (Å²) in [5.41, 5.74) is 1.34. The van der Waals surface area contributed by atoms with Gasteiger partial charge < -0.3 is 18.9 Å². The van der Waals surface area contributed by atoms with Crippen molar-refractivity contribution in [2.45, 2.75) is 12.8 Å². The van der Waals surface area contributed by atoms with E-state index in [2.05, 4.69) is 0 Å². The lowest BCUT2D eigenvalue weighted by molar-refractivity contribution is -0.142. The maximum Gasteiger partial charge on any atom is 0.306 e. The predicted molar refractivity (Wildman–Crippen MR) is 89.2 cm³/mol. The molecular formula is C19H18O6. The van der Waals surface area contributed by atoms with Gasteiger partial charge in [0, 0.05) is 12.0 Å². The smallest absolute Gasteiger partial charge is 0.306 e. The first kappa shape index (κ1) is 16.8. The number of hydrogen-bond donors (Lipinski definition) is 0. The van der Waals surface area contributed by atoms with Crippen LogP contribution in [0, 0.1) is 0 Å². The van der Waals surface area contributed by atoms with Crippen molar-refractivity contribution in [2.75, 3.05) is 20.5 Å². The summed E-state index contributed by atoms with van der Waals surface area (Å²) in [5, 5.41) is 0. The second-order valence-corrected chi connectivity index (χ2v) is 5.46. The summed E-state index contributed by atoms with van der Waals surface area (Å²) in [5.74, 6) is 1.13. The Labute approximate surface area is 145 Å². The average Bonchev–Trinajstić information content (AvgIpc) is 3.12. The minimum absolute atomic E-state index is 0.144. The molecule has 25 heavy (non-hydrogen) atoms. The van der Waals surface area contributed by atoms with Gasteiger partial charge in [-0.3, -0.25) is 9.59 Å². The van der Waals surface area contributed by atoms with Crippen LogP contribution in [0.4, 0.5) is 0 Å². The summed E-state index contributed by atoms with van der Waals surface area (Å²) in [6.07, 6.45) is 0.663. The standard InChI is InChI=1S/C19H18O6/c1-22-16-5-3-2-4-13(16)7-9-19(21)23-11-15(20)14-6-8-17-18(10-14)25-12-24-17/h2-6,8,10H,7,9,11-12H2,1H3. The van der Waals surface area contributed by atoms with Gasteiger partial charge in [0.2, 0.25) is 6.79 Å². The van der Waals surface area contributed by atoms with Crippen molar-refractivity contribution >= 4 is 11.8 Å². The Hall–Kier alpha value is -3.02. The molecule has 0 amide bonds. The molecule has 0 saturated carbocycles. The minimum atomic E-state index is -0.431. The van der Waals surface area contributed by atoms with Crippen molar-refractivity contribution in [3.8, 4) is 17.2 Å². The van der Waals surface area contributed by atoms with Crippen LogP contribution in [-0.4, -0.2) is 32.3 Å². The largest absolute Gasteiger partial charge is 0.496 e. The van der Waals surface area contributed by atoms with Crippen LogP contribution in [0.2, 0.25) is 0 Å². The Kier molecular flexibility index (Phi) is 5.18. The second-order valence-electron chi connectivity index (χ2n) is 5.46. The molecular weight excluding hydrogens is 324 g/mol. The highest BCUT2D eigenvalue weighted by Gasteiger charge is 2.17. The van der Waals surface area contributed by atoms with E-state index in [9.17, 15) is 9.59 Å². The predicted octanol–water partition coefficient (Wildman–Crippen LogP) is 2.78. The fraction of sp³-hybridized carbons (Fsp3) is 0.263. The molecule has 0 aromatic heterocycles. The molecule has 0 fully saturated rings. The summed E-state index contributed by atoms with van der Waals surface area (Å²) < 4.78 is 20.7. The highest BCUT2D eigenvalue weighted by molar-refractivity contribution is 5.98. The zero-order valence-corrected chi connectivity index (χ0v) is 13.8. The number of ketones is 1. The molecule has 6 nitrogen and oxygen atoms in total. The molecule has 0 saturated heterocycles. The summed E-state index contributed by atoms with van der Waals surface area (Å²) in [7, 11) is 1.58. The van der Waals surface area contributed by atoms with Crippen LogP contribution >= 0.6 is 0 Å². The first-order chi connectivity index (χ1) is 12.2. The number of fused-ring (bicyclic) bond motifs is 1. The van der Waals surface area contributed by atoms with E-state index < -0.39 is 5.97 Å². The third-order valence-corrected chi connectivity index (χ3v) is 3.85. The van der Waals surface area contributed by atoms with Crippen LogP contribution in [0.3, 0.4) is 0 Å². The van der Waals surface area contributed by atoms with Gasteiger partial charge >= 0.3 is 5.97 Å². The molecule has 0 atom stereocenters. The lowest BCUT2D eigenvalue weighted by Crippen LogP contribution is -2.14. The number of methoxy groups -OCH3 is 1. The van der Waals surface area contributed by atoms with Gasteiger partial charge in [0.15, 0.2) is 23.9 Å². The lowest BCUT2D eigenvalue weighted by Gasteiger charge is -2.08. The third-order valence-electron chi connectivity index (χ3n) is 3.85. The third kappa shape index (κ3) is 4.09.